The Hall–Kier alpha value is -3.05. The summed E-state index contributed by atoms with van der Waals surface area (Å²) >= 11 is 6.08. The van der Waals surface area contributed by atoms with Gasteiger partial charge in [-0.3, -0.25) is 4.79 Å². The molecule has 34 heavy (non-hydrogen) atoms. The maximum atomic E-state index is 13.1. The quantitative estimate of drug-likeness (QED) is 0.534. The Morgan fingerprint density at radius 1 is 1.12 bits per heavy atom. The second kappa shape index (κ2) is 9.67. The lowest BCUT2D eigenvalue weighted by Crippen LogP contribution is -2.34. The van der Waals surface area contributed by atoms with E-state index in [1.807, 2.05) is 45.9 Å². The molecule has 1 atom stereocenters. The average molecular weight is 480 g/mol. The highest BCUT2D eigenvalue weighted by molar-refractivity contribution is 6.30. The topological polar surface area (TPSA) is 64.6 Å². The van der Waals surface area contributed by atoms with E-state index in [2.05, 4.69) is 17.4 Å². The summed E-state index contributed by atoms with van der Waals surface area (Å²) in [5.41, 5.74) is 7.79. The molecule has 4 rings (SSSR count). The molecule has 0 fully saturated rings. The normalized spacial score (nSPS) is 17.9. The molecular weight excluding hydrogens is 450 g/mol. The zero-order valence-electron chi connectivity index (χ0n) is 20.3. The van der Waals surface area contributed by atoms with Crippen molar-refractivity contribution in [3.05, 3.63) is 85.7 Å². The van der Waals surface area contributed by atoms with Crippen molar-refractivity contribution in [2.45, 2.75) is 59.5 Å². The number of rotatable bonds is 5. The Morgan fingerprint density at radius 3 is 2.59 bits per heavy atom. The minimum atomic E-state index is -0.465. The van der Waals surface area contributed by atoms with Gasteiger partial charge in [0.15, 0.2) is 5.78 Å². The van der Waals surface area contributed by atoms with Crippen LogP contribution in [0.25, 0.3) is 0 Å². The fraction of sp³-hybridized carbons (Fsp3) is 0.357. The van der Waals surface area contributed by atoms with Crippen LogP contribution >= 0.6 is 11.6 Å². The fourth-order valence-electron chi connectivity index (χ4n) is 5.02. The van der Waals surface area contributed by atoms with Crippen molar-refractivity contribution in [3.8, 4) is 5.75 Å². The van der Waals surface area contributed by atoms with Gasteiger partial charge in [0.1, 0.15) is 12.4 Å². The van der Waals surface area contributed by atoms with Crippen LogP contribution in [0, 0.1) is 20.8 Å². The lowest BCUT2D eigenvalue weighted by molar-refractivity contribution is -0.136. The monoisotopic (exact) mass is 479 g/mol. The molecule has 1 aliphatic carbocycles. The van der Waals surface area contributed by atoms with Gasteiger partial charge < -0.3 is 14.8 Å². The van der Waals surface area contributed by atoms with Crippen molar-refractivity contribution < 1.29 is 19.1 Å². The predicted molar refractivity (Wildman–Crippen MR) is 133 cm³/mol. The van der Waals surface area contributed by atoms with Gasteiger partial charge in [-0.25, -0.2) is 4.79 Å². The zero-order chi connectivity index (χ0) is 24.6. The van der Waals surface area contributed by atoms with Crippen LogP contribution in [0.4, 0.5) is 0 Å². The molecule has 1 heterocycles. The predicted octanol–water partition coefficient (Wildman–Crippen LogP) is 5.99. The first kappa shape index (κ1) is 24.1. The number of Topliss-reactive ketones (excluding diaryl/α,β-unsaturated/α-hetero) is 1. The average Bonchev–Trinajstić information content (AvgIpc) is 2.79. The van der Waals surface area contributed by atoms with Gasteiger partial charge in [0, 0.05) is 34.3 Å². The molecule has 0 saturated heterocycles. The summed E-state index contributed by atoms with van der Waals surface area (Å²) in [6.07, 6.45) is 2.09. The van der Waals surface area contributed by atoms with E-state index in [9.17, 15) is 9.59 Å². The van der Waals surface area contributed by atoms with Crippen LogP contribution < -0.4 is 10.1 Å². The molecule has 0 spiro atoms. The Kier molecular flexibility index (Phi) is 6.85. The van der Waals surface area contributed by atoms with E-state index in [4.69, 9.17) is 21.1 Å². The molecular formula is C28H30ClNO4. The van der Waals surface area contributed by atoms with Crippen molar-refractivity contribution in [2.75, 3.05) is 7.11 Å². The van der Waals surface area contributed by atoms with Crippen LogP contribution in [0.15, 0.2) is 52.9 Å². The highest BCUT2D eigenvalue weighted by Gasteiger charge is 2.39. The maximum Gasteiger partial charge on any atom is 0.336 e. The summed E-state index contributed by atoms with van der Waals surface area (Å²) in [4.78, 5) is 26.0. The highest BCUT2D eigenvalue weighted by Crippen LogP contribution is 2.44. The standard InChI is InChI=1S/C28H30ClNO4/c1-15-11-19(14-34-24-10-9-20(29)13-16(24)2)17(3)21(12-15)26-25(28(32)33-5)18(4)30-22-7-6-8-23(31)27(22)26/h9-13,26,30H,6-8,14H2,1-5H3. The number of ketones is 1. The fourth-order valence-corrected chi connectivity index (χ4v) is 5.25. The molecule has 0 aromatic heterocycles. The molecule has 2 aromatic rings. The van der Waals surface area contributed by atoms with Gasteiger partial charge in [-0.2, -0.15) is 0 Å². The molecule has 178 valence electrons. The molecule has 0 amide bonds. The van der Waals surface area contributed by atoms with Crippen LogP contribution in [0.2, 0.25) is 5.02 Å². The van der Waals surface area contributed by atoms with Crippen molar-refractivity contribution in [2.24, 2.45) is 0 Å². The summed E-state index contributed by atoms with van der Waals surface area (Å²) in [7, 11) is 1.38. The maximum absolute atomic E-state index is 13.1. The van der Waals surface area contributed by atoms with Crippen molar-refractivity contribution in [3.63, 3.8) is 0 Å². The number of aryl methyl sites for hydroxylation is 2. The molecule has 1 N–H and O–H groups in total. The van der Waals surface area contributed by atoms with Gasteiger partial charge in [-0.1, -0.05) is 29.3 Å². The molecule has 2 aromatic carbocycles. The Bertz CT molecular complexity index is 1240. The van der Waals surface area contributed by atoms with E-state index in [-0.39, 0.29) is 5.78 Å². The summed E-state index contributed by atoms with van der Waals surface area (Å²) in [5.74, 6) is -0.0295. The second-order valence-corrected chi connectivity index (χ2v) is 9.53. The van der Waals surface area contributed by atoms with E-state index >= 15 is 0 Å². The van der Waals surface area contributed by atoms with Crippen molar-refractivity contribution >= 4 is 23.4 Å². The van der Waals surface area contributed by atoms with Gasteiger partial charge in [-0.05, 0) is 81.0 Å². The van der Waals surface area contributed by atoms with E-state index in [1.165, 1.54) is 7.11 Å². The number of dihydropyridines is 1. The molecule has 6 heteroatoms. The lowest BCUT2D eigenvalue weighted by Gasteiger charge is -2.35. The minimum absolute atomic E-state index is 0.0862. The van der Waals surface area contributed by atoms with E-state index < -0.39 is 11.9 Å². The smallest absolute Gasteiger partial charge is 0.336 e. The minimum Gasteiger partial charge on any atom is -0.489 e. The van der Waals surface area contributed by atoms with Crippen LogP contribution in [-0.2, 0) is 20.9 Å². The van der Waals surface area contributed by atoms with Crippen LogP contribution in [0.1, 0.15) is 59.9 Å². The number of ether oxygens (including phenoxy) is 2. The Morgan fingerprint density at radius 2 is 1.88 bits per heavy atom. The van der Waals surface area contributed by atoms with Gasteiger partial charge in [-0.15, -0.1) is 0 Å². The summed E-state index contributed by atoms with van der Waals surface area (Å²) < 4.78 is 11.3. The summed E-state index contributed by atoms with van der Waals surface area (Å²) in [5, 5.41) is 3.99. The number of carbonyl (C=O) groups excluding carboxylic acids is 2. The first-order valence-corrected chi connectivity index (χ1v) is 11.9. The number of hydrogen-bond donors (Lipinski definition) is 1. The molecule has 0 saturated carbocycles. The number of esters is 1. The van der Waals surface area contributed by atoms with E-state index in [0.717, 1.165) is 57.8 Å². The summed E-state index contributed by atoms with van der Waals surface area (Å²) in [6, 6.07) is 9.73. The van der Waals surface area contributed by atoms with Crippen molar-refractivity contribution in [1.29, 1.82) is 0 Å². The van der Waals surface area contributed by atoms with Crippen LogP contribution in [0.3, 0.4) is 0 Å². The third kappa shape index (κ3) is 4.49. The lowest BCUT2D eigenvalue weighted by atomic mass is 9.73. The van der Waals surface area contributed by atoms with E-state index in [0.29, 0.717) is 29.2 Å². The van der Waals surface area contributed by atoms with Gasteiger partial charge >= 0.3 is 5.97 Å². The number of methoxy groups -OCH3 is 1. The number of benzene rings is 2. The number of carbonyl (C=O) groups is 2. The first-order valence-electron chi connectivity index (χ1n) is 11.5. The van der Waals surface area contributed by atoms with Gasteiger partial charge in [0.25, 0.3) is 0 Å². The third-order valence-corrected chi connectivity index (χ3v) is 6.95. The van der Waals surface area contributed by atoms with Gasteiger partial charge in [0.2, 0.25) is 0 Å². The molecule has 0 radical (unpaired) electrons. The molecule has 5 nitrogen and oxygen atoms in total. The number of halogens is 1. The molecule has 1 aliphatic heterocycles. The highest BCUT2D eigenvalue weighted by atomic mass is 35.5. The van der Waals surface area contributed by atoms with Crippen molar-refractivity contribution in [1.82, 2.24) is 5.32 Å². The summed E-state index contributed by atoms with van der Waals surface area (Å²) in [6.45, 7) is 8.25. The number of nitrogens with one attached hydrogen (secondary N) is 1. The van der Waals surface area contributed by atoms with E-state index in [1.54, 1.807) is 0 Å². The zero-order valence-corrected chi connectivity index (χ0v) is 21.1. The van der Waals surface area contributed by atoms with Crippen LogP contribution in [0.5, 0.6) is 5.75 Å². The Balaban J connectivity index is 1.80. The molecule has 0 bridgehead atoms. The number of hydrogen-bond acceptors (Lipinski definition) is 5. The van der Waals surface area contributed by atoms with Gasteiger partial charge in [0.05, 0.1) is 12.7 Å². The molecule has 2 aliphatic rings. The first-order chi connectivity index (χ1) is 16.2. The third-order valence-electron chi connectivity index (χ3n) is 6.71. The van der Waals surface area contributed by atoms with Crippen LogP contribution in [-0.4, -0.2) is 18.9 Å². The SMILES string of the molecule is COC(=O)C1=C(C)NC2=C(C(=O)CCC2)C1c1cc(C)cc(COc2ccc(Cl)cc2C)c1C. The largest absolute Gasteiger partial charge is 0.489 e. The Labute approximate surface area is 205 Å². The second-order valence-electron chi connectivity index (χ2n) is 9.09. The number of allylic oxidation sites excluding steroid dienone is 3. The molecule has 1 unspecified atom stereocenters.